The van der Waals surface area contributed by atoms with Crippen LogP contribution < -0.4 is 14.8 Å². The molecule has 0 heterocycles. The van der Waals surface area contributed by atoms with Gasteiger partial charge in [0.15, 0.2) is 0 Å². The molecule has 0 bridgehead atoms. The molecule has 27 heavy (non-hydrogen) atoms. The number of benzene rings is 2. The summed E-state index contributed by atoms with van der Waals surface area (Å²) in [5, 5.41) is 2.71. The third-order valence-electron chi connectivity index (χ3n) is 3.85. The first-order chi connectivity index (χ1) is 12.6. The lowest BCUT2D eigenvalue weighted by atomic mass is 10.1. The molecule has 2 aromatic rings. The zero-order chi connectivity index (χ0) is 20.2. The van der Waals surface area contributed by atoms with Crippen LogP contribution in [0.3, 0.4) is 0 Å². The van der Waals surface area contributed by atoms with Gasteiger partial charge in [0.1, 0.15) is 11.6 Å². The molecule has 0 aliphatic rings. The van der Waals surface area contributed by atoms with Gasteiger partial charge >= 0.3 is 0 Å². The molecule has 0 unspecified atom stereocenters. The van der Waals surface area contributed by atoms with Crippen LogP contribution in [0, 0.1) is 5.82 Å². The number of ether oxygens (including phenoxy) is 1. The second-order valence-corrected chi connectivity index (χ2v) is 8.10. The average molecular weight is 394 g/mol. The highest BCUT2D eigenvalue weighted by molar-refractivity contribution is 7.89. The summed E-state index contributed by atoms with van der Waals surface area (Å²) >= 11 is 0. The van der Waals surface area contributed by atoms with E-state index in [1.165, 1.54) is 49.6 Å². The van der Waals surface area contributed by atoms with Gasteiger partial charge in [-0.3, -0.25) is 4.79 Å². The maximum absolute atomic E-state index is 13.0. The van der Waals surface area contributed by atoms with E-state index in [0.29, 0.717) is 5.56 Å². The first-order valence-corrected chi connectivity index (χ1v) is 9.89. The van der Waals surface area contributed by atoms with E-state index in [4.69, 9.17) is 4.74 Å². The molecule has 0 fully saturated rings. The number of halogens is 1. The minimum absolute atomic E-state index is 0.0637. The minimum Gasteiger partial charge on any atom is -0.496 e. The highest BCUT2D eigenvalue weighted by Crippen LogP contribution is 2.24. The normalized spacial score (nSPS) is 12.7. The van der Waals surface area contributed by atoms with Crippen LogP contribution in [0.2, 0.25) is 0 Å². The third kappa shape index (κ3) is 5.27. The maximum Gasteiger partial charge on any atom is 0.255 e. The van der Waals surface area contributed by atoms with Crippen molar-refractivity contribution < 1.29 is 22.3 Å². The molecule has 2 N–H and O–H groups in total. The van der Waals surface area contributed by atoms with Crippen LogP contribution in [-0.2, 0) is 10.0 Å². The van der Waals surface area contributed by atoms with E-state index in [1.807, 2.05) is 0 Å². The molecule has 2 rings (SSSR count). The number of nitrogens with one attached hydrogen (secondary N) is 2. The smallest absolute Gasteiger partial charge is 0.255 e. The van der Waals surface area contributed by atoms with Gasteiger partial charge < -0.3 is 10.1 Å². The monoisotopic (exact) mass is 394 g/mol. The molecule has 0 radical (unpaired) electrons. The molecule has 146 valence electrons. The highest BCUT2D eigenvalue weighted by atomic mass is 32.2. The average Bonchev–Trinajstić information content (AvgIpc) is 2.60. The Hall–Kier alpha value is -2.45. The molecule has 0 spiro atoms. The van der Waals surface area contributed by atoms with Gasteiger partial charge in [-0.2, -0.15) is 0 Å². The Morgan fingerprint density at radius 1 is 1.07 bits per heavy atom. The van der Waals surface area contributed by atoms with Crippen LogP contribution in [0.1, 0.15) is 42.7 Å². The number of methoxy groups -OCH3 is 1. The first kappa shape index (κ1) is 20.9. The number of carbonyl (C=O) groups is 1. The van der Waals surface area contributed by atoms with Crippen LogP contribution in [0.15, 0.2) is 47.4 Å². The van der Waals surface area contributed by atoms with Crippen molar-refractivity contribution in [3.05, 3.63) is 59.4 Å². The lowest BCUT2D eigenvalue weighted by Gasteiger charge is -2.16. The van der Waals surface area contributed by atoms with Crippen molar-refractivity contribution in [1.29, 1.82) is 0 Å². The summed E-state index contributed by atoms with van der Waals surface area (Å²) < 4.78 is 46.2. The van der Waals surface area contributed by atoms with E-state index < -0.39 is 27.8 Å². The SMILES string of the molecule is COc1ccc(S(=O)(=O)N[C@@H](C)c2ccc(F)cc2)cc1C(=O)NC(C)C. The molecular formula is C19H23FN2O4S. The Balaban J connectivity index is 2.32. The Kier molecular flexibility index (Phi) is 6.56. The van der Waals surface area contributed by atoms with E-state index >= 15 is 0 Å². The number of hydrogen-bond acceptors (Lipinski definition) is 4. The fraction of sp³-hybridized carbons (Fsp3) is 0.316. The largest absolute Gasteiger partial charge is 0.496 e. The summed E-state index contributed by atoms with van der Waals surface area (Å²) in [5.41, 5.74) is 0.745. The number of carbonyl (C=O) groups excluding carboxylic acids is 1. The van der Waals surface area contributed by atoms with Crippen molar-refractivity contribution in [3.8, 4) is 5.75 Å². The van der Waals surface area contributed by atoms with Crippen molar-refractivity contribution >= 4 is 15.9 Å². The van der Waals surface area contributed by atoms with Gasteiger partial charge in [-0.1, -0.05) is 12.1 Å². The Morgan fingerprint density at radius 3 is 2.26 bits per heavy atom. The predicted molar refractivity (Wildman–Crippen MR) is 101 cm³/mol. The second kappa shape index (κ2) is 8.49. The van der Waals surface area contributed by atoms with Crippen molar-refractivity contribution in [2.45, 2.75) is 37.8 Å². The van der Waals surface area contributed by atoms with Crippen LogP contribution in [0.4, 0.5) is 4.39 Å². The molecule has 0 aromatic heterocycles. The van der Waals surface area contributed by atoms with Crippen molar-refractivity contribution in [3.63, 3.8) is 0 Å². The number of hydrogen-bond donors (Lipinski definition) is 2. The van der Waals surface area contributed by atoms with Crippen molar-refractivity contribution in [2.75, 3.05) is 7.11 Å². The lowest BCUT2D eigenvalue weighted by Crippen LogP contribution is -2.31. The molecule has 2 aromatic carbocycles. The first-order valence-electron chi connectivity index (χ1n) is 8.40. The third-order valence-corrected chi connectivity index (χ3v) is 5.39. The van der Waals surface area contributed by atoms with E-state index in [-0.39, 0.29) is 22.3 Å². The summed E-state index contributed by atoms with van der Waals surface area (Å²) in [5.74, 6) is -0.547. The van der Waals surface area contributed by atoms with Crippen LogP contribution in [-0.4, -0.2) is 27.5 Å². The van der Waals surface area contributed by atoms with Crippen LogP contribution >= 0.6 is 0 Å². The molecular weight excluding hydrogens is 371 g/mol. The molecule has 0 saturated carbocycles. The zero-order valence-corrected chi connectivity index (χ0v) is 16.4. The van der Waals surface area contributed by atoms with E-state index in [9.17, 15) is 17.6 Å². The van der Waals surface area contributed by atoms with Gasteiger partial charge in [-0.25, -0.2) is 17.5 Å². The van der Waals surface area contributed by atoms with E-state index in [0.717, 1.165) is 0 Å². The number of sulfonamides is 1. The van der Waals surface area contributed by atoms with Crippen molar-refractivity contribution in [1.82, 2.24) is 10.0 Å². The fourth-order valence-corrected chi connectivity index (χ4v) is 3.75. The Bertz CT molecular complexity index is 912. The minimum atomic E-state index is -3.91. The topological polar surface area (TPSA) is 84.5 Å². The summed E-state index contributed by atoms with van der Waals surface area (Å²) in [4.78, 5) is 12.3. The van der Waals surface area contributed by atoms with Gasteiger partial charge in [-0.15, -0.1) is 0 Å². The van der Waals surface area contributed by atoms with Crippen LogP contribution in [0.5, 0.6) is 5.75 Å². The standard InChI is InChI=1S/C19H23FN2O4S/c1-12(2)21-19(23)17-11-16(9-10-18(17)26-4)27(24,25)22-13(3)14-5-7-15(20)8-6-14/h5-13,22H,1-4H3,(H,21,23)/t13-/m0/s1. The summed E-state index contributed by atoms with van der Waals surface area (Å²) in [6.07, 6.45) is 0. The fourth-order valence-electron chi connectivity index (χ4n) is 2.49. The van der Waals surface area contributed by atoms with Gasteiger partial charge in [0, 0.05) is 12.1 Å². The summed E-state index contributed by atoms with van der Waals surface area (Å²) in [6.45, 7) is 5.26. The summed E-state index contributed by atoms with van der Waals surface area (Å²) in [7, 11) is -2.50. The van der Waals surface area contributed by atoms with Gasteiger partial charge in [-0.05, 0) is 56.7 Å². The molecule has 8 heteroatoms. The Morgan fingerprint density at radius 2 is 1.70 bits per heavy atom. The predicted octanol–water partition coefficient (Wildman–Crippen LogP) is 3.01. The number of rotatable bonds is 7. The van der Waals surface area contributed by atoms with Gasteiger partial charge in [0.25, 0.3) is 5.91 Å². The maximum atomic E-state index is 13.0. The molecule has 1 atom stereocenters. The van der Waals surface area contributed by atoms with Gasteiger partial charge in [0.2, 0.25) is 10.0 Å². The Labute approximate surface area is 158 Å². The van der Waals surface area contributed by atoms with E-state index in [2.05, 4.69) is 10.0 Å². The quantitative estimate of drug-likeness (QED) is 0.756. The zero-order valence-electron chi connectivity index (χ0n) is 15.6. The van der Waals surface area contributed by atoms with Crippen LogP contribution in [0.25, 0.3) is 0 Å². The molecule has 0 aliphatic carbocycles. The van der Waals surface area contributed by atoms with Gasteiger partial charge in [0.05, 0.1) is 17.6 Å². The molecule has 0 saturated heterocycles. The molecule has 0 aliphatic heterocycles. The number of amides is 1. The van der Waals surface area contributed by atoms with Crippen molar-refractivity contribution in [2.24, 2.45) is 0 Å². The summed E-state index contributed by atoms with van der Waals surface area (Å²) in [6, 6.07) is 8.94. The highest BCUT2D eigenvalue weighted by Gasteiger charge is 2.22. The molecule has 6 nitrogen and oxygen atoms in total. The molecule has 1 amide bonds. The van der Waals surface area contributed by atoms with E-state index in [1.54, 1.807) is 20.8 Å². The second-order valence-electron chi connectivity index (χ2n) is 6.38. The lowest BCUT2D eigenvalue weighted by molar-refractivity contribution is 0.0940.